The zero-order valence-corrected chi connectivity index (χ0v) is 7.49. The van der Waals surface area contributed by atoms with Gasteiger partial charge in [0, 0.05) is 6.08 Å². The Kier molecular flexibility index (Phi) is 4.62. The molecule has 3 nitrogen and oxygen atoms in total. The molecule has 1 aromatic rings. The summed E-state index contributed by atoms with van der Waals surface area (Å²) >= 11 is 0. The average molecular weight is 201 g/mol. The normalized spacial score (nSPS) is 9.54. The average Bonchev–Trinajstić information content (AvgIpc) is 2.03. The molecule has 0 aliphatic rings. The number of hydrogen-bond donors (Lipinski definition) is 2. The number of hydrogen-bond acceptors (Lipinski definition) is 2. The molecule has 0 aliphatic heterocycles. The van der Waals surface area contributed by atoms with E-state index in [1.807, 2.05) is 0 Å². The molecular formula is C9H9ClO3. The van der Waals surface area contributed by atoms with Crippen LogP contribution in [0.1, 0.15) is 5.56 Å². The molecule has 0 fully saturated rings. The van der Waals surface area contributed by atoms with Crippen LogP contribution in [0.5, 0.6) is 5.75 Å². The second kappa shape index (κ2) is 5.22. The minimum atomic E-state index is -0.983. The summed E-state index contributed by atoms with van der Waals surface area (Å²) < 4.78 is 0. The van der Waals surface area contributed by atoms with Gasteiger partial charge in [-0.3, -0.25) is 0 Å². The standard InChI is InChI=1S/C9H8O3.ClH/c10-8-4-1-7(2-5-8)3-6-9(11)12;/h1-6,10H,(H,11,12);1H/b6-3+;. The molecule has 0 amide bonds. The summed E-state index contributed by atoms with van der Waals surface area (Å²) in [6, 6.07) is 6.27. The fourth-order valence-electron chi connectivity index (χ4n) is 0.753. The minimum absolute atomic E-state index is 0. The summed E-state index contributed by atoms with van der Waals surface area (Å²) in [4.78, 5) is 10.1. The highest BCUT2D eigenvalue weighted by atomic mass is 35.5. The van der Waals surface area contributed by atoms with Gasteiger partial charge in [-0.1, -0.05) is 12.1 Å². The Hall–Kier alpha value is -1.48. The third kappa shape index (κ3) is 4.18. The molecule has 13 heavy (non-hydrogen) atoms. The van der Waals surface area contributed by atoms with Crippen LogP contribution in [0.25, 0.3) is 6.08 Å². The molecule has 0 aromatic heterocycles. The van der Waals surface area contributed by atoms with Crippen molar-refractivity contribution >= 4 is 24.5 Å². The van der Waals surface area contributed by atoms with Crippen LogP contribution in [0.2, 0.25) is 0 Å². The lowest BCUT2D eigenvalue weighted by Gasteiger charge is -1.92. The summed E-state index contributed by atoms with van der Waals surface area (Å²) in [5.41, 5.74) is 0.746. The molecule has 2 N–H and O–H groups in total. The summed E-state index contributed by atoms with van der Waals surface area (Å²) in [5.74, 6) is -0.814. The fraction of sp³-hybridized carbons (Fsp3) is 0. The maximum absolute atomic E-state index is 10.1. The predicted molar refractivity (Wildman–Crippen MR) is 52.0 cm³/mol. The highest BCUT2D eigenvalue weighted by molar-refractivity contribution is 5.85. The molecule has 0 aliphatic carbocycles. The molecule has 0 bridgehead atoms. The Morgan fingerprint density at radius 3 is 2.23 bits per heavy atom. The molecule has 1 aromatic carbocycles. The maximum Gasteiger partial charge on any atom is 0.328 e. The highest BCUT2D eigenvalue weighted by Gasteiger charge is 1.89. The molecule has 0 saturated carbocycles. The number of carbonyl (C=O) groups is 1. The van der Waals surface area contributed by atoms with Gasteiger partial charge in [-0.2, -0.15) is 0 Å². The molecule has 4 heteroatoms. The topological polar surface area (TPSA) is 57.5 Å². The maximum atomic E-state index is 10.1. The summed E-state index contributed by atoms with van der Waals surface area (Å²) in [6.45, 7) is 0. The van der Waals surface area contributed by atoms with Crippen molar-refractivity contribution in [3.05, 3.63) is 35.9 Å². The van der Waals surface area contributed by atoms with Gasteiger partial charge in [-0.15, -0.1) is 12.4 Å². The van der Waals surface area contributed by atoms with Crippen molar-refractivity contribution in [3.63, 3.8) is 0 Å². The van der Waals surface area contributed by atoms with E-state index in [1.165, 1.54) is 18.2 Å². The third-order valence-electron chi connectivity index (χ3n) is 1.31. The number of aliphatic carboxylic acids is 1. The predicted octanol–water partition coefficient (Wildman–Crippen LogP) is 1.91. The van der Waals surface area contributed by atoms with Gasteiger partial charge in [0.1, 0.15) is 5.75 Å². The van der Waals surface area contributed by atoms with Gasteiger partial charge in [0.15, 0.2) is 0 Å². The van der Waals surface area contributed by atoms with Crippen LogP contribution >= 0.6 is 12.4 Å². The zero-order valence-electron chi connectivity index (χ0n) is 6.68. The van der Waals surface area contributed by atoms with Crippen LogP contribution in [0, 0.1) is 0 Å². The smallest absolute Gasteiger partial charge is 0.328 e. The number of rotatable bonds is 2. The Labute approximate surface area is 81.7 Å². The van der Waals surface area contributed by atoms with Crippen molar-refractivity contribution in [3.8, 4) is 5.75 Å². The molecule has 70 valence electrons. The number of phenolic OH excluding ortho intramolecular Hbond substituents is 1. The van der Waals surface area contributed by atoms with Crippen molar-refractivity contribution < 1.29 is 15.0 Å². The van der Waals surface area contributed by atoms with E-state index in [2.05, 4.69) is 0 Å². The lowest BCUT2D eigenvalue weighted by Crippen LogP contribution is -1.85. The summed E-state index contributed by atoms with van der Waals surface area (Å²) in [6.07, 6.45) is 2.51. The molecule has 1 rings (SSSR count). The van der Waals surface area contributed by atoms with Gasteiger partial charge in [-0.25, -0.2) is 4.79 Å². The van der Waals surface area contributed by atoms with Crippen LogP contribution < -0.4 is 0 Å². The monoisotopic (exact) mass is 200 g/mol. The largest absolute Gasteiger partial charge is 0.508 e. The Bertz CT molecular complexity index is 303. The summed E-state index contributed by atoms with van der Waals surface area (Å²) in [7, 11) is 0. The molecule has 0 heterocycles. The highest BCUT2D eigenvalue weighted by Crippen LogP contribution is 2.10. The van der Waals surface area contributed by atoms with E-state index < -0.39 is 5.97 Å². The van der Waals surface area contributed by atoms with Crippen LogP contribution in [0.4, 0.5) is 0 Å². The lowest BCUT2D eigenvalue weighted by molar-refractivity contribution is -0.131. The number of benzene rings is 1. The molecule has 0 saturated heterocycles. The van der Waals surface area contributed by atoms with Crippen LogP contribution in [0.15, 0.2) is 30.3 Å². The molecule has 0 atom stereocenters. The van der Waals surface area contributed by atoms with Crippen LogP contribution in [0.3, 0.4) is 0 Å². The lowest BCUT2D eigenvalue weighted by atomic mass is 10.2. The second-order valence-corrected chi connectivity index (χ2v) is 2.26. The molecular weight excluding hydrogens is 192 g/mol. The van der Waals surface area contributed by atoms with Crippen LogP contribution in [-0.4, -0.2) is 16.2 Å². The number of carboxylic acids is 1. The zero-order chi connectivity index (χ0) is 8.97. The third-order valence-corrected chi connectivity index (χ3v) is 1.31. The van der Waals surface area contributed by atoms with Gasteiger partial charge >= 0.3 is 5.97 Å². The first-order valence-electron chi connectivity index (χ1n) is 3.38. The number of halogens is 1. The van der Waals surface area contributed by atoms with Crippen molar-refractivity contribution in [1.29, 1.82) is 0 Å². The van der Waals surface area contributed by atoms with Gasteiger partial charge in [0.25, 0.3) is 0 Å². The first-order valence-corrected chi connectivity index (χ1v) is 3.38. The second-order valence-electron chi connectivity index (χ2n) is 2.26. The van der Waals surface area contributed by atoms with Crippen LogP contribution in [-0.2, 0) is 4.79 Å². The van der Waals surface area contributed by atoms with Gasteiger partial charge in [0.05, 0.1) is 0 Å². The SMILES string of the molecule is Cl.O=C(O)/C=C/c1ccc(O)cc1. The number of carboxylic acid groups (broad SMARTS) is 1. The Balaban J connectivity index is 0.00000144. The van der Waals surface area contributed by atoms with E-state index in [0.29, 0.717) is 0 Å². The van der Waals surface area contributed by atoms with Gasteiger partial charge in [-0.05, 0) is 23.8 Å². The Morgan fingerprint density at radius 1 is 1.23 bits per heavy atom. The van der Waals surface area contributed by atoms with E-state index in [0.717, 1.165) is 11.6 Å². The fourth-order valence-corrected chi connectivity index (χ4v) is 0.753. The van der Waals surface area contributed by atoms with E-state index in [9.17, 15) is 4.79 Å². The van der Waals surface area contributed by atoms with E-state index in [4.69, 9.17) is 10.2 Å². The molecule has 0 radical (unpaired) electrons. The van der Waals surface area contributed by atoms with Crippen molar-refractivity contribution in [2.24, 2.45) is 0 Å². The molecule has 0 spiro atoms. The van der Waals surface area contributed by atoms with Crippen molar-refractivity contribution in [2.45, 2.75) is 0 Å². The van der Waals surface area contributed by atoms with E-state index in [-0.39, 0.29) is 18.2 Å². The minimum Gasteiger partial charge on any atom is -0.508 e. The van der Waals surface area contributed by atoms with E-state index >= 15 is 0 Å². The van der Waals surface area contributed by atoms with Gasteiger partial charge < -0.3 is 10.2 Å². The quantitative estimate of drug-likeness (QED) is 0.717. The van der Waals surface area contributed by atoms with Gasteiger partial charge in [0.2, 0.25) is 0 Å². The molecule has 0 unspecified atom stereocenters. The number of aromatic hydroxyl groups is 1. The van der Waals surface area contributed by atoms with Crippen molar-refractivity contribution in [2.75, 3.05) is 0 Å². The first-order chi connectivity index (χ1) is 5.68. The Morgan fingerprint density at radius 2 is 1.77 bits per heavy atom. The first kappa shape index (κ1) is 11.5. The number of phenols is 1. The van der Waals surface area contributed by atoms with E-state index in [1.54, 1.807) is 12.1 Å². The summed E-state index contributed by atoms with van der Waals surface area (Å²) in [5, 5.41) is 17.2. The van der Waals surface area contributed by atoms with Crippen molar-refractivity contribution in [1.82, 2.24) is 0 Å².